The number of nitrogens with one attached hydrogen (secondary N) is 3. The Morgan fingerprint density at radius 1 is 0.829 bits per heavy atom. The summed E-state index contributed by atoms with van der Waals surface area (Å²) in [6.45, 7) is 4.17. The predicted octanol–water partition coefficient (Wildman–Crippen LogP) is 7.76. The first kappa shape index (κ1) is 27.5. The van der Waals surface area contributed by atoms with Crippen molar-refractivity contribution < 1.29 is 0 Å². The lowest BCUT2D eigenvalue weighted by Crippen LogP contribution is -2.23. The zero-order chi connectivity index (χ0) is 27.1. The minimum absolute atomic E-state index is 0. The number of aliphatic imine (C=N–C) groups is 1. The lowest BCUT2D eigenvalue weighted by molar-refractivity contribution is 0.370. The predicted molar refractivity (Wildman–Crippen MR) is 178 cm³/mol. The molecule has 0 spiro atoms. The number of hydrogen-bond donors (Lipinski definition) is 3. The number of aromatic amines is 2. The summed E-state index contributed by atoms with van der Waals surface area (Å²) in [6.07, 6.45) is 11.2. The van der Waals surface area contributed by atoms with E-state index in [0.717, 1.165) is 72.1 Å². The highest BCUT2D eigenvalue weighted by atomic mass is 35.5. The van der Waals surface area contributed by atoms with Crippen LogP contribution in [-0.2, 0) is 0 Å². The fourth-order valence-corrected chi connectivity index (χ4v) is 6.43. The van der Waals surface area contributed by atoms with Crippen molar-refractivity contribution in [1.29, 1.82) is 0 Å². The van der Waals surface area contributed by atoms with Crippen LogP contribution in [0.25, 0.3) is 33.0 Å². The zero-order valence-corrected chi connectivity index (χ0v) is 25.0. The number of benzene rings is 2. The molecule has 5 heterocycles. The molecule has 0 radical (unpaired) electrons. The average molecular weight is 583 g/mol. The van der Waals surface area contributed by atoms with Crippen LogP contribution in [-0.4, -0.2) is 65.9 Å². The lowest BCUT2D eigenvalue weighted by atomic mass is 9.99. The van der Waals surface area contributed by atoms with Gasteiger partial charge in [0.15, 0.2) is 0 Å². The molecule has 0 bridgehead atoms. The molecule has 0 saturated carbocycles. The van der Waals surface area contributed by atoms with Gasteiger partial charge in [0, 0.05) is 77.2 Å². The molecule has 8 heteroatoms. The Bertz CT molecular complexity index is 1770. The fourth-order valence-electron chi connectivity index (χ4n) is 5.76. The minimum atomic E-state index is 0. The molecule has 2 aliphatic heterocycles. The summed E-state index contributed by atoms with van der Waals surface area (Å²) in [7, 11) is 4.35. The number of amidine groups is 1. The van der Waals surface area contributed by atoms with Crippen molar-refractivity contribution in [1.82, 2.24) is 19.8 Å². The second-order valence-corrected chi connectivity index (χ2v) is 11.9. The van der Waals surface area contributed by atoms with Gasteiger partial charge in [0.2, 0.25) is 0 Å². The number of fused-ring (bicyclic) bond motifs is 2. The van der Waals surface area contributed by atoms with Crippen LogP contribution in [0, 0.1) is 0 Å². The van der Waals surface area contributed by atoms with E-state index >= 15 is 0 Å². The molecule has 0 unspecified atom stereocenters. The van der Waals surface area contributed by atoms with E-state index in [9.17, 15) is 0 Å². The highest BCUT2D eigenvalue weighted by Crippen LogP contribution is 2.33. The number of anilines is 1. The number of halogens is 1. The third-order valence-corrected chi connectivity index (χ3v) is 9.00. The SMILES string of the molecule is CN1CC=C(c2c[nH]c3ccc(N=C(Nc4ccc5[nH]cc(C6=CCN(C)CC6)c5c4)c4cccs4)cc23)CC1.Cl. The normalized spacial score (nSPS) is 17.0. The lowest BCUT2D eigenvalue weighted by Gasteiger charge is -2.21. The van der Waals surface area contributed by atoms with Crippen molar-refractivity contribution in [2.45, 2.75) is 12.8 Å². The van der Waals surface area contributed by atoms with Crippen molar-refractivity contribution >= 4 is 73.9 Å². The van der Waals surface area contributed by atoms with Crippen LogP contribution in [0.15, 0.2) is 83.4 Å². The van der Waals surface area contributed by atoms with E-state index in [1.807, 2.05) is 0 Å². The molecule has 0 saturated heterocycles. The first-order chi connectivity index (χ1) is 19.6. The molecule has 0 amide bonds. The molecule has 0 atom stereocenters. The van der Waals surface area contributed by atoms with Crippen LogP contribution in [0.5, 0.6) is 0 Å². The molecule has 6 nitrogen and oxygen atoms in total. The van der Waals surface area contributed by atoms with Gasteiger partial charge in [-0.15, -0.1) is 23.7 Å². The highest BCUT2D eigenvalue weighted by molar-refractivity contribution is 7.12. The maximum Gasteiger partial charge on any atom is 0.148 e. The van der Waals surface area contributed by atoms with Crippen molar-refractivity contribution in [3.05, 3.63) is 94.5 Å². The smallest absolute Gasteiger partial charge is 0.148 e. The van der Waals surface area contributed by atoms with Crippen LogP contribution in [0.2, 0.25) is 0 Å². The van der Waals surface area contributed by atoms with Crippen LogP contribution in [0.4, 0.5) is 11.4 Å². The van der Waals surface area contributed by atoms with Gasteiger partial charge in [-0.1, -0.05) is 18.2 Å². The largest absolute Gasteiger partial charge is 0.361 e. The standard InChI is InChI=1S/C33H34N6S.ClH/c1-38-13-9-22(10-14-38)28-20-34-30-7-5-24(18-26(28)30)36-33(32-4-3-17-40-32)37-25-6-8-31-27(19-25)29(21-35-31)23-11-15-39(2)16-12-23;/h3-9,11,17-21,34-35H,10,12-16H2,1-2H3,(H,36,37);1H. The molecule has 41 heavy (non-hydrogen) atoms. The third kappa shape index (κ3) is 5.63. The summed E-state index contributed by atoms with van der Waals surface area (Å²) in [5.41, 5.74) is 9.71. The first-order valence-corrected chi connectivity index (χ1v) is 14.9. The van der Waals surface area contributed by atoms with Gasteiger partial charge in [0.1, 0.15) is 5.84 Å². The van der Waals surface area contributed by atoms with Crippen molar-refractivity contribution in [3.63, 3.8) is 0 Å². The third-order valence-electron chi connectivity index (χ3n) is 8.12. The molecule has 3 N–H and O–H groups in total. The van der Waals surface area contributed by atoms with E-state index < -0.39 is 0 Å². The summed E-state index contributed by atoms with van der Waals surface area (Å²) < 4.78 is 0. The first-order valence-electron chi connectivity index (χ1n) is 14.0. The van der Waals surface area contributed by atoms with Gasteiger partial charge in [0.05, 0.1) is 10.6 Å². The number of rotatable bonds is 5. The molecule has 0 aliphatic carbocycles. The van der Waals surface area contributed by atoms with E-state index in [0.29, 0.717) is 0 Å². The quantitative estimate of drug-likeness (QED) is 0.147. The van der Waals surface area contributed by atoms with Gasteiger partial charge >= 0.3 is 0 Å². The maximum atomic E-state index is 5.16. The van der Waals surface area contributed by atoms with Crippen LogP contribution >= 0.6 is 23.7 Å². The fraction of sp³-hybridized carbons (Fsp3) is 0.242. The molecule has 3 aromatic heterocycles. The Balaban J connectivity index is 0.00000302. The number of likely N-dealkylation sites (N-methyl/N-ethyl adjacent to an activating group) is 2. The second kappa shape index (κ2) is 11.7. The van der Waals surface area contributed by atoms with Crippen molar-refractivity contribution in [3.8, 4) is 0 Å². The molecule has 0 fully saturated rings. The summed E-state index contributed by atoms with van der Waals surface area (Å²) in [4.78, 5) is 17.9. The number of thiophene rings is 1. The summed E-state index contributed by atoms with van der Waals surface area (Å²) in [5.74, 6) is 0.861. The summed E-state index contributed by atoms with van der Waals surface area (Å²) in [5, 5.41) is 8.25. The van der Waals surface area contributed by atoms with Gasteiger partial charge in [-0.25, -0.2) is 4.99 Å². The Labute approximate surface area is 250 Å². The van der Waals surface area contributed by atoms with Gasteiger partial charge in [0.25, 0.3) is 0 Å². The van der Waals surface area contributed by atoms with E-state index in [1.54, 1.807) is 11.3 Å². The Kier molecular flexibility index (Phi) is 7.86. The van der Waals surface area contributed by atoms with E-state index in [4.69, 9.17) is 4.99 Å². The minimum Gasteiger partial charge on any atom is -0.361 e. The Morgan fingerprint density at radius 3 is 2.05 bits per heavy atom. The number of nitrogens with zero attached hydrogens (tertiary/aromatic N) is 3. The van der Waals surface area contributed by atoms with Crippen molar-refractivity contribution in [2.75, 3.05) is 45.6 Å². The molecule has 2 aliphatic rings. The average Bonchev–Trinajstić information content (AvgIpc) is 3.74. The zero-order valence-electron chi connectivity index (χ0n) is 23.4. The highest BCUT2D eigenvalue weighted by Gasteiger charge is 2.16. The van der Waals surface area contributed by atoms with Gasteiger partial charge in [-0.2, -0.15) is 0 Å². The summed E-state index contributed by atoms with van der Waals surface area (Å²) >= 11 is 1.70. The van der Waals surface area contributed by atoms with Gasteiger partial charge in [-0.3, -0.25) is 0 Å². The van der Waals surface area contributed by atoms with Gasteiger partial charge in [-0.05, 0) is 85.9 Å². The number of H-pyrrole nitrogens is 2. The van der Waals surface area contributed by atoms with E-state index in [1.165, 1.54) is 33.0 Å². The molecule has 210 valence electrons. The monoisotopic (exact) mass is 582 g/mol. The second-order valence-electron chi connectivity index (χ2n) is 10.9. The van der Waals surface area contributed by atoms with Crippen LogP contribution in [0.3, 0.4) is 0 Å². The van der Waals surface area contributed by atoms with Gasteiger partial charge < -0.3 is 25.1 Å². The van der Waals surface area contributed by atoms with E-state index in [-0.39, 0.29) is 12.4 Å². The van der Waals surface area contributed by atoms with Crippen LogP contribution < -0.4 is 5.32 Å². The van der Waals surface area contributed by atoms with Crippen LogP contribution in [0.1, 0.15) is 28.8 Å². The molecule has 2 aromatic carbocycles. The maximum absolute atomic E-state index is 5.16. The Morgan fingerprint density at radius 2 is 1.46 bits per heavy atom. The molecular weight excluding hydrogens is 548 g/mol. The van der Waals surface area contributed by atoms with E-state index in [2.05, 4.69) is 118 Å². The molecule has 5 aromatic rings. The topological polar surface area (TPSA) is 62.5 Å². The Hall–Kier alpha value is -3.62. The number of aromatic nitrogens is 2. The molecule has 7 rings (SSSR count). The van der Waals surface area contributed by atoms with Crippen molar-refractivity contribution in [2.24, 2.45) is 4.99 Å². The summed E-state index contributed by atoms with van der Waals surface area (Å²) in [6, 6.07) is 17.2. The number of hydrogen-bond acceptors (Lipinski definition) is 4. The molecular formula is C33H35ClN6S.